The molecule has 1 heterocycles. The van der Waals surface area contributed by atoms with E-state index in [1.807, 2.05) is 49.4 Å². The van der Waals surface area contributed by atoms with Gasteiger partial charge in [-0.2, -0.15) is 0 Å². The van der Waals surface area contributed by atoms with Gasteiger partial charge in [-0.1, -0.05) is 35.9 Å². The van der Waals surface area contributed by atoms with Crippen LogP contribution < -0.4 is 9.47 Å². The summed E-state index contributed by atoms with van der Waals surface area (Å²) in [4.78, 5) is 26.3. The number of ketones is 2. The Bertz CT molecular complexity index is 1240. The summed E-state index contributed by atoms with van der Waals surface area (Å²) in [6.07, 6.45) is 1.79. The van der Waals surface area contributed by atoms with Crippen molar-refractivity contribution in [3.05, 3.63) is 106 Å². The van der Waals surface area contributed by atoms with Crippen molar-refractivity contribution in [2.45, 2.75) is 6.92 Å². The molecular formula is C26H18O4. The minimum Gasteiger partial charge on any atom is -0.497 e. The SMILES string of the molecule is COc1ccc(C2=CC(=C3C(=O)c4ccccc4C3=O)c3cc(C)ccc3O2)cc1. The van der Waals surface area contributed by atoms with E-state index in [0.717, 1.165) is 22.4 Å². The number of allylic oxidation sites excluding steroid dienone is 3. The Morgan fingerprint density at radius 3 is 2.10 bits per heavy atom. The second-order valence-electron chi connectivity index (χ2n) is 7.33. The summed E-state index contributed by atoms with van der Waals surface area (Å²) < 4.78 is 11.4. The van der Waals surface area contributed by atoms with Gasteiger partial charge in [-0.15, -0.1) is 0 Å². The molecule has 0 unspecified atom stereocenters. The third kappa shape index (κ3) is 2.77. The fourth-order valence-corrected chi connectivity index (χ4v) is 3.90. The van der Waals surface area contributed by atoms with Crippen LogP contribution in [0.15, 0.2) is 78.4 Å². The number of benzene rings is 3. The van der Waals surface area contributed by atoms with E-state index in [1.165, 1.54) is 0 Å². The van der Waals surface area contributed by atoms with Crippen LogP contribution in [-0.2, 0) is 0 Å². The Hall–Kier alpha value is -3.92. The van der Waals surface area contributed by atoms with Crippen molar-refractivity contribution in [1.29, 1.82) is 0 Å². The second-order valence-corrected chi connectivity index (χ2v) is 7.33. The van der Waals surface area contributed by atoms with Gasteiger partial charge in [0.05, 0.1) is 12.7 Å². The molecule has 1 aliphatic carbocycles. The number of methoxy groups -OCH3 is 1. The van der Waals surface area contributed by atoms with Gasteiger partial charge in [-0.25, -0.2) is 0 Å². The largest absolute Gasteiger partial charge is 0.497 e. The molecule has 2 aliphatic rings. The Kier molecular flexibility index (Phi) is 4.14. The third-order valence-corrected chi connectivity index (χ3v) is 5.43. The molecular weight excluding hydrogens is 376 g/mol. The van der Waals surface area contributed by atoms with E-state index in [9.17, 15) is 9.59 Å². The summed E-state index contributed by atoms with van der Waals surface area (Å²) in [6.45, 7) is 1.97. The highest BCUT2D eigenvalue weighted by Crippen LogP contribution is 2.42. The summed E-state index contributed by atoms with van der Waals surface area (Å²) in [6, 6.07) is 20.2. The molecule has 0 fully saturated rings. The van der Waals surface area contributed by atoms with Crippen molar-refractivity contribution in [3.8, 4) is 11.5 Å². The van der Waals surface area contributed by atoms with Gasteiger partial charge in [0.25, 0.3) is 0 Å². The van der Waals surface area contributed by atoms with Gasteiger partial charge < -0.3 is 9.47 Å². The summed E-state index contributed by atoms with van der Waals surface area (Å²) in [5.74, 6) is 1.44. The maximum Gasteiger partial charge on any atom is 0.198 e. The van der Waals surface area contributed by atoms with Crippen LogP contribution in [-0.4, -0.2) is 18.7 Å². The first kappa shape index (κ1) is 18.1. The minimum atomic E-state index is -0.245. The predicted molar refractivity (Wildman–Crippen MR) is 115 cm³/mol. The molecule has 3 aromatic rings. The number of carbonyl (C=O) groups is 2. The first-order valence-electron chi connectivity index (χ1n) is 9.64. The Balaban J connectivity index is 1.74. The Morgan fingerprint density at radius 2 is 1.47 bits per heavy atom. The Morgan fingerprint density at radius 1 is 0.800 bits per heavy atom. The molecule has 4 nitrogen and oxygen atoms in total. The molecule has 0 saturated carbocycles. The van der Waals surface area contributed by atoms with Crippen molar-refractivity contribution < 1.29 is 19.1 Å². The molecule has 30 heavy (non-hydrogen) atoms. The molecule has 0 saturated heterocycles. The van der Waals surface area contributed by atoms with Crippen LogP contribution in [0.4, 0.5) is 0 Å². The zero-order chi connectivity index (χ0) is 20.8. The van der Waals surface area contributed by atoms with Gasteiger partial charge in [-0.3, -0.25) is 9.59 Å². The van der Waals surface area contributed by atoms with Gasteiger partial charge in [-0.05, 0) is 49.4 Å². The lowest BCUT2D eigenvalue weighted by atomic mass is 9.92. The number of hydrogen-bond donors (Lipinski definition) is 0. The molecule has 0 bridgehead atoms. The molecule has 5 rings (SSSR count). The lowest BCUT2D eigenvalue weighted by Gasteiger charge is -2.22. The molecule has 4 heteroatoms. The minimum absolute atomic E-state index is 0.192. The number of aryl methyl sites for hydroxylation is 1. The van der Waals surface area contributed by atoms with Crippen LogP contribution in [0, 0.1) is 6.92 Å². The van der Waals surface area contributed by atoms with Crippen LogP contribution in [0.2, 0.25) is 0 Å². The molecule has 3 aromatic carbocycles. The maximum atomic E-state index is 13.2. The van der Waals surface area contributed by atoms with Crippen molar-refractivity contribution in [3.63, 3.8) is 0 Å². The van der Waals surface area contributed by atoms with E-state index in [1.54, 1.807) is 37.5 Å². The molecule has 0 radical (unpaired) electrons. The summed E-state index contributed by atoms with van der Waals surface area (Å²) in [5, 5.41) is 0. The molecule has 0 spiro atoms. The molecule has 1 aliphatic heterocycles. The molecule has 0 amide bonds. The Labute approximate surface area is 174 Å². The lowest BCUT2D eigenvalue weighted by molar-refractivity contribution is 0.0990. The zero-order valence-corrected chi connectivity index (χ0v) is 16.6. The van der Waals surface area contributed by atoms with Gasteiger partial charge in [0.2, 0.25) is 0 Å². The summed E-state index contributed by atoms with van der Waals surface area (Å²) in [5.41, 5.74) is 4.28. The number of fused-ring (bicyclic) bond motifs is 2. The number of Topliss-reactive ketones (excluding diaryl/α,β-unsaturated/α-hetero) is 2. The van der Waals surface area contributed by atoms with Crippen LogP contribution in [0.5, 0.6) is 11.5 Å². The number of ether oxygens (including phenoxy) is 2. The van der Waals surface area contributed by atoms with Crippen molar-refractivity contribution in [2.24, 2.45) is 0 Å². The standard InChI is InChI=1S/C26H18O4/c1-15-7-12-22-20(13-15)21(14-23(30-22)16-8-10-17(29-2)11-9-16)24-25(27)18-5-3-4-6-19(18)26(24)28/h3-14H,1-2H3. The first-order chi connectivity index (χ1) is 14.6. The lowest BCUT2D eigenvalue weighted by Crippen LogP contribution is -2.10. The van der Waals surface area contributed by atoms with Crippen LogP contribution in [0.1, 0.15) is 37.4 Å². The van der Waals surface area contributed by atoms with Gasteiger partial charge >= 0.3 is 0 Å². The fourth-order valence-electron chi connectivity index (χ4n) is 3.90. The van der Waals surface area contributed by atoms with Crippen LogP contribution in [0.3, 0.4) is 0 Å². The highest BCUT2D eigenvalue weighted by Gasteiger charge is 2.36. The van der Waals surface area contributed by atoms with E-state index in [0.29, 0.717) is 28.2 Å². The highest BCUT2D eigenvalue weighted by molar-refractivity contribution is 6.43. The van der Waals surface area contributed by atoms with E-state index >= 15 is 0 Å². The number of rotatable bonds is 2. The van der Waals surface area contributed by atoms with E-state index < -0.39 is 0 Å². The quantitative estimate of drug-likeness (QED) is 0.439. The van der Waals surface area contributed by atoms with Gasteiger partial charge in [0.15, 0.2) is 11.6 Å². The first-order valence-corrected chi connectivity index (χ1v) is 9.64. The topological polar surface area (TPSA) is 52.6 Å². The molecule has 0 atom stereocenters. The van der Waals surface area contributed by atoms with Crippen molar-refractivity contribution >= 4 is 22.9 Å². The maximum absolute atomic E-state index is 13.2. The van der Waals surface area contributed by atoms with Gasteiger partial charge in [0.1, 0.15) is 17.3 Å². The molecule has 0 aromatic heterocycles. The number of hydrogen-bond acceptors (Lipinski definition) is 4. The van der Waals surface area contributed by atoms with Crippen LogP contribution >= 0.6 is 0 Å². The average Bonchev–Trinajstić information content (AvgIpc) is 3.03. The van der Waals surface area contributed by atoms with Crippen molar-refractivity contribution in [2.75, 3.05) is 7.11 Å². The predicted octanol–water partition coefficient (Wildman–Crippen LogP) is 5.27. The molecule has 146 valence electrons. The fraction of sp³-hybridized carbons (Fsp3) is 0.0769. The zero-order valence-electron chi connectivity index (χ0n) is 16.6. The second kappa shape index (κ2) is 6.85. The summed E-state index contributed by atoms with van der Waals surface area (Å²) >= 11 is 0. The van der Waals surface area contributed by atoms with Gasteiger partial charge in [0, 0.05) is 27.8 Å². The molecule has 0 N–H and O–H groups in total. The van der Waals surface area contributed by atoms with Crippen LogP contribution in [0.25, 0.3) is 11.3 Å². The number of carbonyl (C=O) groups excluding carboxylic acids is 2. The van der Waals surface area contributed by atoms with Crippen molar-refractivity contribution in [1.82, 2.24) is 0 Å². The highest BCUT2D eigenvalue weighted by atomic mass is 16.5. The smallest absolute Gasteiger partial charge is 0.198 e. The summed E-state index contributed by atoms with van der Waals surface area (Å²) in [7, 11) is 1.61. The average molecular weight is 394 g/mol. The van der Waals surface area contributed by atoms with E-state index in [4.69, 9.17) is 9.47 Å². The van der Waals surface area contributed by atoms with E-state index in [2.05, 4.69) is 0 Å². The normalized spacial score (nSPS) is 14.8. The third-order valence-electron chi connectivity index (χ3n) is 5.43. The monoisotopic (exact) mass is 394 g/mol. The van der Waals surface area contributed by atoms with E-state index in [-0.39, 0.29) is 17.1 Å².